The van der Waals surface area contributed by atoms with E-state index < -0.39 is 0 Å². The lowest BCUT2D eigenvalue weighted by Gasteiger charge is -2.14. The number of nitro groups is 1. The second-order valence-electron chi connectivity index (χ2n) is 4.52. The molecular formula is C13H15BrN4O2. The molecule has 1 aromatic carbocycles. The molecule has 106 valence electrons. The minimum Gasteiger partial charge on any atom is -0.308 e. The van der Waals surface area contributed by atoms with Gasteiger partial charge >= 0.3 is 0 Å². The first kappa shape index (κ1) is 14.7. The Labute approximate surface area is 125 Å². The highest BCUT2D eigenvalue weighted by atomic mass is 79.9. The van der Waals surface area contributed by atoms with Crippen LogP contribution in [-0.2, 0) is 13.1 Å². The lowest BCUT2D eigenvalue weighted by Crippen LogP contribution is -2.30. The number of halogens is 1. The average molecular weight is 339 g/mol. The second kappa shape index (κ2) is 6.62. The summed E-state index contributed by atoms with van der Waals surface area (Å²) in [7, 11) is 0. The van der Waals surface area contributed by atoms with Gasteiger partial charge in [0.05, 0.1) is 15.9 Å². The van der Waals surface area contributed by atoms with E-state index in [1.54, 1.807) is 12.3 Å². The third-order valence-corrected chi connectivity index (χ3v) is 3.83. The van der Waals surface area contributed by atoms with Crippen LogP contribution in [0.3, 0.4) is 0 Å². The summed E-state index contributed by atoms with van der Waals surface area (Å²) in [6.45, 7) is 3.36. The molecule has 0 saturated carbocycles. The van der Waals surface area contributed by atoms with Gasteiger partial charge in [0.15, 0.2) is 0 Å². The first-order chi connectivity index (χ1) is 9.58. The Balaban J connectivity index is 1.97. The van der Waals surface area contributed by atoms with E-state index in [2.05, 4.69) is 26.3 Å². The van der Waals surface area contributed by atoms with Crippen LogP contribution in [-0.4, -0.2) is 20.7 Å². The SMILES string of the molecule is CC(Cn1cccn1)NCc1cccc([N+](=O)[O-])c1Br. The highest BCUT2D eigenvalue weighted by Crippen LogP contribution is 2.28. The molecule has 0 aliphatic carbocycles. The minimum absolute atomic E-state index is 0.0871. The molecule has 0 aliphatic heterocycles. The van der Waals surface area contributed by atoms with Crippen LogP contribution in [0, 0.1) is 10.1 Å². The van der Waals surface area contributed by atoms with Gasteiger partial charge in [0.25, 0.3) is 5.69 Å². The third kappa shape index (κ3) is 3.64. The van der Waals surface area contributed by atoms with Gasteiger partial charge in [-0.1, -0.05) is 12.1 Å². The topological polar surface area (TPSA) is 73.0 Å². The van der Waals surface area contributed by atoms with Gasteiger partial charge in [0.2, 0.25) is 0 Å². The molecule has 2 rings (SSSR count). The Morgan fingerprint density at radius 2 is 2.30 bits per heavy atom. The predicted octanol–water partition coefficient (Wildman–Crippen LogP) is 2.73. The van der Waals surface area contributed by atoms with E-state index in [-0.39, 0.29) is 16.7 Å². The summed E-state index contributed by atoms with van der Waals surface area (Å²) >= 11 is 3.29. The van der Waals surface area contributed by atoms with Gasteiger partial charge in [0, 0.05) is 31.0 Å². The van der Waals surface area contributed by atoms with Crippen molar-refractivity contribution in [1.82, 2.24) is 15.1 Å². The molecule has 0 amide bonds. The molecule has 1 N–H and O–H groups in total. The molecule has 6 nitrogen and oxygen atoms in total. The van der Waals surface area contributed by atoms with E-state index in [1.807, 2.05) is 29.9 Å². The number of benzene rings is 1. The average Bonchev–Trinajstić information content (AvgIpc) is 2.90. The lowest BCUT2D eigenvalue weighted by atomic mass is 10.2. The molecule has 0 fully saturated rings. The van der Waals surface area contributed by atoms with Crippen molar-refractivity contribution >= 4 is 21.6 Å². The fourth-order valence-electron chi connectivity index (χ4n) is 1.88. The number of nitrogens with one attached hydrogen (secondary N) is 1. The first-order valence-electron chi connectivity index (χ1n) is 6.20. The van der Waals surface area contributed by atoms with E-state index in [0.29, 0.717) is 11.0 Å². The van der Waals surface area contributed by atoms with Crippen LogP contribution in [0.2, 0.25) is 0 Å². The Morgan fingerprint density at radius 1 is 1.50 bits per heavy atom. The van der Waals surface area contributed by atoms with Crippen LogP contribution >= 0.6 is 15.9 Å². The normalized spacial score (nSPS) is 12.3. The number of nitrogens with zero attached hydrogens (tertiary/aromatic N) is 3. The van der Waals surface area contributed by atoms with Crippen molar-refractivity contribution in [3.63, 3.8) is 0 Å². The Bertz CT molecular complexity index is 586. The van der Waals surface area contributed by atoms with E-state index in [0.717, 1.165) is 12.1 Å². The highest BCUT2D eigenvalue weighted by Gasteiger charge is 2.15. The largest absolute Gasteiger partial charge is 0.308 e. The van der Waals surface area contributed by atoms with E-state index in [9.17, 15) is 10.1 Å². The summed E-state index contributed by atoms with van der Waals surface area (Å²) in [4.78, 5) is 10.5. The van der Waals surface area contributed by atoms with Crippen molar-refractivity contribution in [1.29, 1.82) is 0 Å². The zero-order valence-electron chi connectivity index (χ0n) is 11.0. The van der Waals surface area contributed by atoms with Gasteiger partial charge in [0.1, 0.15) is 0 Å². The molecule has 1 heterocycles. The molecule has 0 spiro atoms. The van der Waals surface area contributed by atoms with Gasteiger partial charge in [-0.2, -0.15) is 5.10 Å². The van der Waals surface area contributed by atoms with Gasteiger partial charge in [-0.15, -0.1) is 0 Å². The smallest absolute Gasteiger partial charge is 0.283 e. The van der Waals surface area contributed by atoms with Crippen molar-refractivity contribution in [3.05, 3.63) is 56.8 Å². The van der Waals surface area contributed by atoms with Crippen LogP contribution in [0.15, 0.2) is 41.1 Å². The summed E-state index contributed by atoms with van der Waals surface area (Å²) in [5.41, 5.74) is 0.954. The Kier molecular flexibility index (Phi) is 4.86. The second-order valence-corrected chi connectivity index (χ2v) is 5.31. The van der Waals surface area contributed by atoms with Gasteiger partial charge in [-0.25, -0.2) is 0 Å². The van der Waals surface area contributed by atoms with Crippen molar-refractivity contribution < 1.29 is 4.92 Å². The van der Waals surface area contributed by atoms with Gasteiger partial charge in [-0.3, -0.25) is 14.8 Å². The van der Waals surface area contributed by atoms with E-state index in [4.69, 9.17) is 0 Å². The fourth-order valence-corrected chi connectivity index (χ4v) is 2.43. The minimum atomic E-state index is -0.388. The number of aromatic nitrogens is 2. The van der Waals surface area contributed by atoms with Crippen LogP contribution < -0.4 is 5.32 Å². The molecule has 0 saturated heterocycles. The summed E-state index contributed by atoms with van der Waals surface area (Å²) < 4.78 is 2.38. The zero-order chi connectivity index (χ0) is 14.5. The number of hydrogen-bond donors (Lipinski definition) is 1. The zero-order valence-corrected chi connectivity index (χ0v) is 12.6. The van der Waals surface area contributed by atoms with Gasteiger partial charge < -0.3 is 5.32 Å². The summed E-state index contributed by atoms with van der Waals surface area (Å²) in [6, 6.07) is 7.13. The molecule has 1 unspecified atom stereocenters. The molecule has 1 aromatic heterocycles. The maximum absolute atomic E-state index is 10.9. The molecular weight excluding hydrogens is 324 g/mol. The van der Waals surface area contributed by atoms with Gasteiger partial charge in [-0.05, 0) is 34.5 Å². The maximum atomic E-state index is 10.9. The van der Waals surface area contributed by atoms with Crippen LogP contribution in [0.1, 0.15) is 12.5 Å². The lowest BCUT2D eigenvalue weighted by molar-refractivity contribution is -0.385. The van der Waals surface area contributed by atoms with Crippen LogP contribution in [0.5, 0.6) is 0 Å². The van der Waals surface area contributed by atoms with Crippen molar-refractivity contribution in [2.75, 3.05) is 0 Å². The Hall–Kier alpha value is -1.73. The van der Waals surface area contributed by atoms with Crippen molar-refractivity contribution in [2.45, 2.75) is 26.1 Å². The number of hydrogen-bond acceptors (Lipinski definition) is 4. The molecule has 1 atom stereocenters. The quantitative estimate of drug-likeness (QED) is 0.649. The summed E-state index contributed by atoms with van der Waals surface area (Å²) in [5, 5.41) is 18.3. The molecule has 0 radical (unpaired) electrons. The van der Waals surface area contributed by atoms with E-state index in [1.165, 1.54) is 6.07 Å². The fraction of sp³-hybridized carbons (Fsp3) is 0.308. The maximum Gasteiger partial charge on any atom is 0.283 e. The molecule has 20 heavy (non-hydrogen) atoms. The standard InChI is InChI=1S/C13H15BrN4O2/c1-10(9-17-7-3-6-16-17)15-8-11-4-2-5-12(13(11)14)18(19)20/h2-7,10,15H,8-9H2,1H3. The third-order valence-electron chi connectivity index (χ3n) is 2.92. The van der Waals surface area contributed by atoms with Crippen molar-refractivity contribution in [3.8, 4) is 0 Å². The summed E-state index contributed by atoms with van der Waals surface area (Å²) in [5.74, 6) is 0. The molecule has 2 aromatic rings. The molecule has 0 aliphatic rings. The number of nitro benzene ring substituents is 1. The van der Waals surface area contributed by atoms with E-state index >= 15 is 0 Å². The number of rotatable bonds is 6. The molecule has 7 heteroatoms. The molecule has 0 bridgehead atoms. The van der Waals surface area contributed by atoms with Crippen molar-refractivity contribution in [2.24, 2.45) is 0 Å². The Morgan fingerprint density at radius 3 is 2.95 bits per heavy atom. The predicted molar refractivity (Wildman–Crippen MR) is 79.3 cm³/mol. The van der Waals surface area contributed by atoms with Crippen LogP contribution in [0.4, 0.5) is 5.69 Å². The summed E-state index contributed by atoms with van der Waals surface area (Å²) in [6.07, 6.45) is 3.64. The first-order valence-corrected chi connectivity index (χ1v) is 7.00. The monoisotopic (exact) mass is 338 g/mol. The highest BCUT2D eigenvalue weighted by molar-refractivity contribution is 9.10. The van der Waals surface area contributed by atoms with Crippen LogP contribution in [0.25, 0.3) is 0 Å².